The van der Waals surface area contributed by atoms with Gasteiger partial charge in [-0.3, -0.25) is 9.48 Å². The van der Waals surface area contributed by atoms with Crippen LogP contribution in [0, 0.1) is 0 Å². The van der Waals surface area contributed by atoms with Crippen molar-refractivity contribution in [2.75, 3.05) is 26.3 Å². The molecule has 0 aromatic carbocycles. The lowest BCUT2D eigenvalue weighted by atomic mass is 10.2. The number of nitrogens with one attached hydrogen (secondary N) is 2. The molecule has 1 aliphatic heterocycles. The van der Waals surface area contributed by atoms with Crippen molar-refractivity contribution in [1.82, 2.24) is 25.4 Å². The summed E-state index contributed by atoms with van der Waals surface area (Å²) in [6.45, 7) is 2.37. The minimum Gasteiger partial charge on any atom is -0.378 e. The Bertz CT molecular complexity index is 373. The average Bonchev–Trinajstić information content (AvgIpc) is 2.76. The monoisotopic (exact) mass is 239 g/mol. The van der Waals surface area contributed by atoms with E-state index < -0.39 is 0 Å². The predicted molar refractivity (Wildman–Crippen MR) is 60.3 cm³/mol. The molecule has 7 heteroatoms. The first-order valence-corrected chi connectivity index (χ1v) is 5.69. The maximum atomic E-state index is 11.7. The van der Waals surface area contributed by atoms with Crippen LogP contribution in [-0.2, 0) is 23.0 Å². The molecular weight excluding hydrogens is 222 g/mol. The van der Waals surface area contributed by atoms with Crippen LogP contribution in [0.15, 0.2) is 6.33 Å². The predicted octanol–water partition coefficient (Wildman–Crippen LogP) is -1.54. The molecule has 94 valence electrons. The van der Waals surface area contributed by atoms with E-state index >= 15 is 0 Å². The normalized spacial score (nSPS) is 20.2. The maximum Gasteiger partial charge on any atom is 0.239 e. The highest BCUT2D eigenvalue weighted by Gasteiger charge is 2.20. The lowest BCUT2D eigenvalue weighted by Gasteiger charge is -2.22. The van der Waals surface area contributed by atoms with Crippen molar-refractivity contribution in [2.24, 2.45) is 7.05 Å². The summed E-state index contributed by atoms with van der Waals surface area (Å²) >= 11 is 0. The van der Waals surface area contributed by atoms with E-state index in [1.54, 1.807) is 11.0 Å². The Morgan fingerprint density at radius 2 is 2.65 bits per heavy atom. The lowest BCUT2D eigenvalue weighted by molar-refractivity contribution is -0.125. The van der Waals surface area contributed by atoms with Gasteiger partial charge in [0.2, 0.25) is 5.91 Å². The van der Waals surface area contributed by atoms with Crippen LogP contribution in [0.5, 0.6) is 0 Å². The molecule has 2 N–H and O–H groups in total. The Morgan fingerprint density at radius 3 is 3.29 bits per heavy atom. The minimum atomic E-state index is -0.236. The van der Waals surface area contributed by atoms with Crippen LogP contribution in [-0.4, -0.2) is 53.0 Å². The zero-order chi connectivity index (χ0) is 12.1. The minimum absolute atomic E-state index is 0.0272. The number of carbonyl (C=O) groups excluding carboxylic acids is 1. The van der Waals surface area contributed by atoms with E-state index in [1.165, 1.54) is 0 Å². The lowest BCUT2D eigenvalue weighted by Crippen LogP contribution is -2.51. The number of nitrogens with zero attached hydrogens (tertiary/aromatic N) is 3. The third-order valence-corrected chi connectivity index (χ3v) is 2.53. The fourth-order valence-electron chi connectivity index (χ4n) is 1.65. The van der Waals surface area contributed by atoms with Crippen LogP contribution >= 0.6 is 0 Å². The van der Waals surface area contributed by atoms with Gasteiger partial charge in [0.1, 0.15) is 12.4 Å². The summed E-state index contributed by atoms with van der Waals surface area (Å²) in [5, 5.41) is 10.1. The number of ether oxygens (including phenoxy) is 1. The molecule has 1 aliphatic rings. The molecule has 1 amide bonds. The van der Waals surface area contributed by atoms with Gasteiger partial charge in [-0.25, -0.2) is 4.98 Å². The number of carbonyl (C=O) groups is 1. The molecule has 1 unspecified atom stereocenters. The molecule has 1 fully saturated rings. The number of hydrogen-bond donors (Lipinski definition) is 2. The first-order valence-electron chi connectivity index (χ1n) is 5.69. The summed E-state index contributed by atoms with van der Waals surface area (Å²) in [5.41, 5.74) is 0. The second kappa shape index (κ2) is 5.74. The number of aromatic nitrogens is 3. The van der Waals surface area contributed by atoms with E-state index in [9.17, 15) is 4.79 Å². The van der Waals surface area contributed by atoms with Crippen LogP contribution < -0.4 is 10.6 Å². The number of rotatable bonds is 4. The zero-order valence-corrected chi connectivity index (χ0v) is 9.85. The summed E-state index contributed by atoms with van der Waals surface area (Å²) in [4.78, 5) is 15.8. The first-order chi connectivity index (χ1) is 8.25. The standard InChI is InChI=1S/C10H17N5O2/c1-15-7-13-9(14-15)2-3-12-10(16)8-6-17-5-4-11-8/h7-8,11H,2-6H2,1H3,(H,12,16). The van der Waals surface area contributed by atoms with Gasteiger partial charge in [-0.15, -0.1) is 0 Å². The highest BCUT2D eigenvalue weighted by atomic mass is 16.5. The quantitative estimate of drug-likeness (QED) is 0.665. The van der Waals surface area contributed by atoms with Crippen molar-refractivity contribution in [1.29, 1.82) is 0 Å². The topological polar surface area (TPSA) is 81.1 Å². The molecule has 1 atom stereocenters. The maximum absolute atomic E-state index is 11.7. The Morgan fingerprint density at radius 1 is 1.76 bits per heavy atom. The molecule has 0 bridgehead atoms. The molecule has 1 aromatic rings. The van der Waals surface area contributed by atoms with Crippen molar-refractivity contribution in [3.8, 4) is 0 Å². The van der Waals surface area contributed by atoms with Crippen molar-refractivity contribution in [2.45, 2.75) is 12.5 Å². The van der Waals surface area contributed by atoms with E-state index in [0.717, 1.165) is 12.4 Å². The van der Waals surface area contributed by atoms with Gasteiger partial charge in [-0.2, -0.15) is 5.10 Å². The molecule has 0 aliphatic carbocycles. The molecule has 0 spiro atoms. The number of amides is 1. The van der Waals surface area contributed by atoms with Crippen LogP contribution in [0.25, 0.3) is 0 Å². The fraction of sp³-hybridized carbons (Fsp3) is 0.700. The second-order valence-corrected chi connectivity index (χ2v) is 3.96. The Hall–Kier alpha value is -1.47. The molecule has 0 radical (unpaired) electrons. The third kappa shape index (κ3) is 3.50. The van der Waals surface area contributed by atoms with E-state index in [-0.39, 0.29) is 11.9 Å². The van der Waals surface area contributed by atoms with Crippen LogP contribution in [0.3, 0.4) is 0 Å². The molecule has 17 heavy (non-hydrogen) atoms. The SMILES string of the molecule is Cn1cnc(CCNC(=O)C2COCCN2)n1. The van der Waals surface area contributed by atoms with Crippen molar-refractivity contribution >= 4 is 5.91 Å². The van der Waals surface area contributed by atoms with Gasteiger partial charge in [0, 0.05) is 26.6 Å². The molecule has 2 heterocycles. The zero-order valence-electron chi connectivity index (χ0n) is 9.85. The van der Waals surface area contributed by atoms with Crippen LogP contribution in [0.4, 0.5) is 0 Å². The van der Waals surface area contributed by atoms with Gasteiger partial charge >= 0.3 is 0 Å². The van der Waals surface area contributed by atoms with E-state index in [1.807, 2.05) is 7.05 Å². The largest absolute Gasteiger partial charge is 0.378 e. The Kier molecular flexibility index (Phi) is 4.05. The molecule has 2 rings (SSSR count). The fourth-order valence-corrected chi connectivity index (χ4v) is 1.65. The van der Waals surface area contributed by atoms with Crippen molar-refractivity contribution < 1.29 is 9.53 Å². The summed E-state index contributed by atoms with van der Waals surface area (Å²) in [5.74, 6) is 0.710. The summed E-state index contributed by atoms with van der Waals surface area (Å²) in [6.07, 6.45) is 2.29. The van der Waals surface area contributed by atoms with Gasteiger partial charge < -0.3 is 15.4 Å². The summed E-state index contributed by atoms with van der Waals surface area (Å²) < 4.78 is 6.87. The van der Waals surface area contributed by atoms with Crippen molar-refractivity contribution in [3.05, 3.63) is 12.2 Å². The smallest absolute Gasteiger partial charge is 0.239 e. The second-order valence-electron chi connectivity index (χ2n) is 3.96. The number of aryl methyl sites for hydroxylation is 1. The highest BCUT2D eigenvalue weighted by molar-refractivity contribution is 5.81. The molecule has 1 aromatic heterocycles. The van der Waals surface area contributed by atoms with Gasteiger partial charge in [0.15, 0.2) is 5.82 Å². The average molecular weight is 239 g/mol. The number of morpholine rings is 1. The Labute approximate surface area is 99.5 Å². The molecule has 0 saturated carbocycles. The van der Waals surface area contributed by atoms with E-state index in [2.05, 4.69) is 20.7 Å². The van der Waals surface area contributed by atoms with E-state index in [4.69, 9.17) is 4.74 Å². The van der Waals surface area contributed by atoms with Gasteiger partial charge in [0.05, 0.1) is 13.2 Å². The highest BCUT2D eigenvalue weighted by Crippen LogP contribution is 1.93. The number of hydrogen-bond acceptors (Lipinski definition) is 5. The third-order valence-electron chi connectivity index (χ3n) is 2.53. The first kappa shape index (κ1) is 12.0. The van der Waals surface area contributed by atoms with E-state index in [0.29, 0.717) is 26.2 Å². The molecular formula is C10H17N5O2. The van der Waals surface area contributed by atoms with Gasteiger partial charge in [-0.05, 0) is 0 Å². The summed E-state index contributed by atoms with van der Waals surface area (Å²) in [7, 11) is 1.82. The summed E-state index contributed by atoms with van der Waals surface area (Å²) in [6, 6.07) is -0.236. The molecule has 1 saturated heterocycles. The van der Waals surface area contributed by atoms with Crippen LogP contribution in [0.2, 0.25) is 0 Å². The molecule has 7 nitrogen and oxygen atoms in total. The van der Waals surface area contributed by atoms with Gasteiger partial charge in [-0.1, -0.05) is 0 Å². The van der Waals surface area contributed by atoms with Crippen LogP contribution in [0.1, 0.15) is 5.82 Å². The van der Waals surface area contributed by atoms with Crippen molar-refractivity contribution in [3.63, 3.8) is 0 Å². The Balaban J connectivity index is 1.69. The van der Waals surface area contributed by atoms with Gasteiger partial charge in [0.25, 0.3) is 0 Å².